The average molecular weight is 805 g/mol. The smallest absolute Gasteiger partial charge is 0.497 e. The topological polar surface area (TPSA) is 56.7 Å². The Kier molecular flexibility index (Phi) is 7.30. The Bertz CT molecular complexity index is 2660. The van der Waals surface area contributed by atoms with Crippen molar-refractivity contribution in [2.45, 2.75) is 39.5 Å². The Hall–Kier alpha value is -5.06. The Labute approximate surface area is 292 Å². The van der Waals surface area contributed by atoms with Crippen LogP contribution in [0.15, 0.2) is 104 Å². The number of hydrogen-bond donors (Lipinski definition) is 0. The van der Waals surface area contributed by atoms with E-state index in [0.717, 1.165) is 54.6 Å². The number of hydrogen-bond acceptors (Lipinski definition) is 4. The first-order chi connectivity index (χ1) is 23.0. The molecule has 0 N–H and O–H groups in total. The monoisotopic (exact) mass is 804 g/mol. The molecule has 0 aliphatic heterocycles. The molecule has 0 saturated carbocycles. The van der Waals surface area contributed by atoms with Crippen molar-refractivity contribution in [3.05, 3.63) is 127 Å². The van der Waals surface area contributed by atoms with Crippen LogP contribution in [0.4, 0.5) is 0 Å². The second-order valence-corrected chi connectivity index (χ2v) is 12.8. The summed E-state index contributed by atoms with van der Waals surface area (Å²) >= 11 is 0. The number of pyridine rings is 3. The first kappa shape index (κ1) is 30.3. The molecule has 7 heteroatoms. The van der Waals surface area contributed by atoms with E-state index < -0.39 is 0 Å². The van der Waals surface area contributed by atoms with Crippen molar-refractivity contribution in [2.75, 3.05) is 0 Å². The molecule has 0 saturated heterocycles. The van der Waals surface area contributed by atoms with Gasteiger partial charge < -0.3 is 13.5 Å². The number of ether oxygens (including phenoxy) is 1. The molecule has 0 aliphatic carbocycles. The maximum atomic E-state index is 6.45. The summed E-state index contributed by atoms with van der Waals surface area (Å²) in [5.41, 5.74) is 9.14. The van der Waals surface area contributed by atoms with Gasteiger partial charge in [0.25, 0.3) is 0 Å². The van der Waals surface area contributed by atoms with E-state index in [0.29, 0.717) is 23.3 Å². The minimum atomic E-state index is 0. The fourth-order valence-electron chi connectivity index (χ4n) is 7.16. The molecule has 236 valence electrons. The van der Waals surface area contributed by atoms with Gasteiger partial charge in [0.05, 0.1) is 11.3 Å². The van der Waals surface area contributed by atoms with Gasteiger partial charge in [0.1, 0.15) is 0 Å². The summed E-state index contributed by atoms with van der Waals surface area (Å²) in [6, 6.07) is 30.7. The predicted octanol–water partition coefficient (Wildman–Crippen LogP) is 10.3. The van der Waals surface area contributed by atoms with Crippen molar-refractivity contribution in [3.63, 3.8) is 0 Å². The summed E-state index contributed by atoms with van der Waals surface area (Å²) < 4.78 is 10.7. The number of rotatable bonds is 5. The van der Waals surface area contributed by atoms with E-state index in [2.05, 4.69) is 107 Å². The van der Waals surface area contributed by atoms with Crippen molar-refractivity contribution in [1.29, 1.82) is 0 Å². The van der Waals surface area contributed by atoms with E-state index in [-0.39, 0.29) is 21.1 Å². The van der Waals surface area contributed by atoms with Crippen molar-refractivity contribution in [1.82, 2.24) is 23.8 Å². The Morgan fingerprint density at radius 2 is 1.21 bits per heavy atom. The third-order valence-electron chi connectivity index (χ3n) is 9.34. The maximum absolute atomic E-state index is 6.45. The van der Waals surface area contributed by atoms with Crippen LogP contribution in [0.2, 0.25) is 0 Å². The van der Waals surface area contributed by atoms with Gasteiger partial charge in [-0.15, -0.1) is 12.1 Å². The quantitative estimate of drug-likeness (QED) is 0.128. The normalized spacial score (nSPS) is 12.0. The summed E-state index contributed by atoms with van der Waals surface area (Å²) in [5.74, 6) is 2.01. The molecule has 0 spiro atoms. The Morgan fingerprint density at radius 1 is 0.625 bits per heavy atom. The van der Waals surface area contributed by atoms with Crippen LogP contribution in [0.25, 0.3) is 65.8 Å². The van der Waals surface area contributed by atoms with Gasteiger partial charge in [-0.2, -0.15) is 0 Å². The van der Waals surface area contributed by atoms with Crippen LogP contribution in [0.1, 0.15) is 50.7 Å². The summed E-state index contributed by atoms with van der Waals surface area (Å²) in [4.78, 5) is 13.8. The molecule has 9 aromatic rings. The van der Waals surface area contributed by atoms with Gasteiger partial charge >= 0.3 is 21.1 Å². The molecule has 0 aliphatic rings. The third-order valence-corrected chi connectivity index (χ3v) is 9.34. The number of aromatic nitrogens is 5. The van der Waals surface area contributed by atoms with E-state index in [1.54, 1.807) is 6.20 Å². The molecular formula is C41H31N5OPt. The van der Waals surface area contributed by atoms with Crippen molar-refractivity contribution >= 4 is 54.6 Å². The second-order valence-electron chi connectivity index (χ2n) is 12.8. The minimum absolute atomic E-state index is 0. The number of nitrogens with zero attached hydrogens (tertiary/aromatic N) is 5. The second kappa shape index (κ2) is 11.6. The predicted molar refractivity (Wildman–Crippen MR) is 190 cm³/mol. The molecule has 5 aromatic heterocycles. The van der Waals surface area contributed by atoms with E-state index in [9.17, 15) is 0 Å². The number of benzene rings is 4. The molecule has 48 heavy (non-hydrogen) atoms. The van der Waals surface area contributed by atoms with Crippen LogP contribution < -0.4 is 4.74 Å². The van der Waals surface area contributed by atoms with Crippen LogP contribution >= 0.6 is 0 Å². The molecule has 0 atom stereocenters. The maximum Gasteiger partial charge on any atom is 2.00 e. The van der Waals surface area contributed by atoms with E-state index in [1.165, 1.54) is 22.3 Å². The third kappa shape index (κ3) is 4.62. The molecule has 5 heterocycles. The number of imidazole rings is 2. The molecule has 0 bridgehead atoms. The molecule has 0 radical (unpaired) electrons. The van der Waals surface area contributed by atoms with E-state index in [4.69, 9.17) is 9.72 Å². The fourth-order valence-corrected chi connectivity index (χ4v) is 7.16. The summed E-state index contributed by atoms with van der Waals surface area (Å²) in [6.45, 7) is 9.09. The zero-order valence-corrected chi connectivity index (χ0v) is 29.2. The van der Waals surface area contributed by atoms with Gasteiger partial charge in [-0.05, 0) is 57.0 Å². The SMILES string of the molecule is CC(C)c1cccc(C(C)C)c1-c1ccc2c(c1)c1ccc(Oc3[c-]c4c(cc3)c3cnccc3n3ccnc43)[c-]c1c1nccn21.[Pt+2]. The molecule has 6 nitrogen and oxygen atoms in total. The zero-order chi connectivity index (χ0) is 31.8. The van der Waals surface area contributed by atoms with Crippen LogP contribution in [0.5, 0.6) is 11.5 Å². The molecule has 9 rings (SSSR count). The summed E-state index contributed by atoms with van der Waals surface area (Å²) in [6.07, 6.45) is 11.3. The van der Waals surface area contributed by atoms with Gasteiger partial charge in [-0.1, -0.05) is 104 Å². The van der Waals surface area contributed by atoms with Crippen molar-refractivity contribution in [3.8, 4) is 22.6 Å². The van der Waals surface area contributed by atoms with Gasteiger partial charge in [0.2, 0.25) is 0 Å². The number of fused-ring (bicyclic) bond motifs is 12. The first-order valence-corrected chi connectivity index (χ1v) is 16.1. The minimum Gasteiger partial charge on any atom is -0.497 e. The van der Waals surface area contributed by atoms with Gasteiger partial charge in [-0.25, -0.2) is 0 Å². The first-order valence-electron chi connectivity index (χ1n) is 16.1. The molecule has 4 aromatic carbocycles. The Morgan fingerprint density at radius 3 is 1.81 bits per heavy atom. The van der Waals surface area contributed by atoms with Gasteiger partial charge in [0.15, 0.2) is 0 Å². The fraction of sp³-hybridized carbons (Fsp3) is 0.146. The van der Waals surface area contributed by atoms with Gasteiger partial charge in [-0.3, -0.25) is 15.0 Å². The van der Waals surface area contributed by atoms with Crippen LogP contribution in [0.3, 0.4) is 0 Å². The van der Waals surface area contributed by atoms with Crippen molar-refractivity contribution < 1.29 is 25.8 Å². The van der Waals surface area contributed by atoms with E-state index >= 15 is 0 Å². The summed E-state index contributed by atoms with van der Waals surface area (Å²) in [7, 11) is 0. The standard InChI is InChI=1S/C41H31N5O.Pt/c1-24(2)29-6-5-7-30(25(3)4)39(29)26-8-13-37-33(20-26)31-11-9-27(21-34(31)40-43-16-18-45(37)40)47-28-10-12-32-35(22-28)41-44-17-19-46(41)38-14-15-42-23-36(32)38;/h5-20,23-25H,1-4H3;/q-2;+2. The van der Waals surface area contributed by atoms with Gasteiger partial charge in [0, 0.05) is 59.7 Å². The molecular weight excluding hydrogens is 774 g/mol. The van der Waals surface area contributed by atoms with Crippen LogP contribution in [-0.2, 0) is 21.1 Å². The van der Waals surface area contributed by atoms with Crippen LogP contribution in [0, 0.1) is 12.1 Å². The Balaban J connectivity index is 0.00000336. The van der Waals surface area contributed by atoms with Crippen molar-refractivity contribution in [2.24, 2.45) is 0 Å². The van der Waals surface area contributed by atoms with Crippen LogP contribution in [-0.4, -0.2) is 23.8 Å². The molecule has 0 amide bonds. The zero-order valence-electron chi connectivity index (χ0n) is 26.9. The van der Waals surface area contributed by atoms with E-state index in [1.807, 2.05) is 49.2 Å². The molecule has 0 unspecified atom stereocenters. The average Bonchev–Trinajstić information content (AvgIpc) is 3.79. The summed E-state index contributed by atoms with van der Waals surface area (Å²) in [5, 5.41) is 6.10. The largest absolute Gasteiger partial charge is 2.00 e. The molecule has 0 fully saturated rings.